The molecular weight excluding hydrogens is 270 g/mol. The zero-order chi connectivity index (χ0) is 15.8. The SMILES string of the molecule is CCCNc1cccc(NCC(O)CC(C)C)c1[N+](=O)[O-]. The maximum atomic E-state index is 11.3. The van der Waals surface area contributed by atoms with E-state index in [1.54, 1.807) is 18.2 Å². The van der Waals surface area contributed by atoms with Crippen LogP contribution in [0.4, 0.5) is 17.1 Å². The van der Waals surface area contributed by atoms with Gasteiger partial charge in [-0.15, -0.1) is 0 Å². The first kappa shape index (κ1) is 17.2. The first-order chi connectivity index (χ1) is 9.95. The van der Waals surface area contributed by atoms with E-state index in [0.29, 0.717) is 36.8 Å². The van der Waals surface area contributed by atoms with E-state index in [-0.39, 0.29) is 5.69 Å². The normalized spacial score (nSPS) is 12.2. The quantitative estimate of drug-likeness (QED) is 0.481. The van der Waals surface area contributed by atoms with E-state index < -0.39 is 11.0 Å². The van der Waals surface area contributed by atoms with Gasteiger partial charge in [0, 0.05) is 13.1 Å². The van der Waals surface area contributed by atoms with Crippen LogP contribution < -0.4 is 10.6 Å². The molecule has 0 aliphatic heterocycles. The highest BCUT2D eigenvalue weighted by Crippen LogP contribution is 2.32. The Morgan fingerprint density at radius 2 is 1.90 bits per heavy atom. The third kappa shape index (κ3) is 5.59. The summed E-state index contributed by atoms with van der Waals surface area (Å²) in [6.07, 6.45) is 1.04. The number of hydrogen-bond acceptors (Lipinski definition) is 5. The van der Waals surface area contributed by atoms with Crippen molar-refractivity contribution in [2.45, 2.75) is 39.7 Å². The third-order valence-electron chi connectivity index (χ3n) is 3.06. The Morgan fingerprint density at radius 3 is 2.43 bits per heavy atom. The van der Waals surface area contributed by atoms with Crippen molar-refractivity contribution in [2.24, 2.45) is 5.92 Å². The van der Waals surface area contributed by atoms with Crippen LogP contribution in [0.1, 0.15) is 33.6 Å². The molecule has 0 bridgehead atoms. The molecule has 0 saturated carbocycles. The Hall–Kier alpha value is -1.82. The first-order valence-electron chi connectivity index (χ1n) is 7.38. The van der Waals surface area contributed by atoms with Gasteiger partial charge in [-0.25, -0.2) is 0 Å². The van der Waals surface area contributed by atoms with Crippen LogP contribution in [-0.4, -0.2) is 29.2 Å². The lowest BCUT2D eigenvalue weighted by molar-refractivity contribution is -0.383. The number of benzene rings is 1. The second-order valence-corrected chi connectivity index (χ2v) is 5.55. The fourth-order valence-electron chi connectivity index (χ4n) is 2.14. The van der Waals surface area contributed by atoms with Crippen molar-refractivity contribution in [1.82, 2.24) is 0 Å². The molecule has 0 spiro atoms. The number of rotatable bonds is 9. The summed E-state index contributed by atoms with van der Waals surface area (Å²) in [6.45, 7) is 7.04. The Bertz CT molecular complexity index is 463. The zero-order valence-electron chi connectivity index (χ0n) is 12.9. The van der Waals surface area contributed by atoms with Crippen LogP contribution in [0.25, 0.3) is 0 Å². The van der Waals surface area contributed by atoms with Gasteiger partial charge in [0.05, 0.1) is 11.0 Å². The molecule has 0 aliphatic carbocycles. The number of aliphatic hydroxyl groups is 1. The van der Waals surface area contributed by atoms with Crippen molar-refractivity contribution in [3.05, 3.63) is 28.3 Å². The maximum Gasteiger partial charge on any atom is 0.315 e. The van der Waals surface area contributed by atoms with Gasteiger partial charge in [0.25, 0.3) is 0 Å². The summed E-state index contributed by atoms with van der Waals surface area (Å²) < 4.78 is 0. The fraction of sp³-hybridized carbons (Fsp3) is 0.600. The zero-order valence-corrected chi connectivity index (χ0v) is 12.9. The summed E-state index contributed by atoms with van der Waals surface area (Å²) >= 11 is 0. The monoisotopic (exact) mass is 295 g/mol. The molecular formula is C15H25N3O3. The summed E-state index contributed by atoms with van der Waals surface area (Å²) in [5, 5.41) is 27.2. The van der Waals surface area contributed by atoms with Crippen LogP contribution in [0.3, 0.4) is 0 Å². The summed E-state index contributed by atoms with van der Waals surface area (Å²) in [7, 11) is 0. The summed E-state index contributed by atoms with van der Waals surface area (Å²) in [5.41, 5.74) is 0.969. The molecule has 1 atom stereocenters. The lowest BCUT2D eigenvalue weighted by atomic mass is 10.1. The summed E-state index contributed by atoms with van der Waals surface area (Å²) in [4.78, 5) is 10.9. The molecule has 0 heterocycles. The molecule has 0 aromatic heterocycles. The lowest BCUT2D eigenvalue weighted by Crippen LogP contribution is -2.21. The van der Waals surface area contributed by atoms with Crippen LogP contribution in [0.15, 0.2) is 18.2 Å². The molecule has 1 rings (SSSR count). The average Bonchev–Trinajstić information content (AvgIpc) is 2.41. The largest absolute Gasteiger partial charge is 0.391 e. The van der Waals surface area contributed by atoms with Gasteiger partial charge in [-0.2, -0.15) is 0 Å². The number of aliphatic hydroxyl groups excluding tert-OH is 1. The van der Waals surface area contributed by atoms with Crippen LogP contribution in [0.2, 0.25) is 0 Å². The highest BCUT2D eigenvalue weighted by Gasteiger charge is 2.20. The van der Waals surface area contributed by atoms with Crippen molar-refractivity contribution in [3.63, 3.8) is 0 Å². The highest BCUT2D eigenvalue weighted by molar-refractivity contribution is 5.76. The number of nitro benzene ring substituents is 1. The first-order valence-corrected chi connectivity index (χ1v) is 7.38. The van der Waals surface area contributed by atoms with Crippen LogP contribution in [-0.2, 0) is 0 Å². The van der Waals surface area contributed by atoms with E-state index in [2.05, 4.69) is 10.6 Å². The minimum Gasteiger partial charge on any atom is -0.391 e. The molecule has 0 fully saturated rings. The predicted octanol–water partition coefficient (Wildman–Crippen LogP) is 3.24. The van der Waals surface area contributed by atoms with Gasteiger partial charge in [0.1, 0.15) is 11.4 Å². The van der Waals surface area contributed by atoms with Crippen molar-refractivity contribution >= 4 is 17.1 Å². The number of nitrogens with one attached hydrogen (secondary N) is 2. The highest BCUT2D eigenvalue weighted by atomic mass is 16.6. The van der Waals surface area contributed by atoms with E-state index in [1.807, 2.05) is 20.8 Å². The molecule has 1 aromatic carbocycles. The summed E-state index contributed by atoms with van der Waals surface area (Å²) in [6, 6.07) is 5.13. The molecule has 118 valence electrons. The van der Waals surface area contributed by atoms with Gasteiger partial charge in [0.15, 0.2) is 0 Å². The maximum absolute atomic E-state index is 11.3. The predicted molar refractivity (Wildman–Crippen MR) is 85.8 cm³/mol. The summed E-state index contributed by atoms with van der Waals surface area (Å²) in [5.74, 6) is 0.384. The Labute approximate surface area is 125 Å². The Morgan fingerprint density at radius 1 is 1.29 bits per heavy atom. The molecule has 6 heteroatoms. The third-order valence-corrected chi connectivity index (χ3v) is 3.06. The van der Waals surface area contributed by atoms with E-state index in [9.17, 15) is 15.2 Å². The van der Waals surface area contributed by atoms with Gasteiger partial charge in [-0.3, -0.25) is 10.1 Å². The van der Waals surface area contributed by atoms with Crippen molar-refractivity contribution in [1.29, 1.82) is 0 Å². The minimum absolute atomic E-state index is 0.0303. The molecule has 21 heavy (non-hydrogen) atoms. The smallest absolute Gasteiger partial charge is 0.315 e. The minimum atomic E-state index is -0.517. The number of hydrogen-bond donors (Lipinski definition) is 3. The standard InChI is InChI=1S/C15H25N3O3/c1-4-8-16-13-6-5-7-14(15(13)18(20)21)17-10-12(19)9-11(2)3/h5-7,11-12,16-17,19H,4,8-10H2,1-3H3. The van der Waals surface area contributed by atoms with Gasteiger partial charge in [-0.05, 0) is 30.9 Å². The number of nitrogens with zero attached hydrogens (tertiary/aromatic N) is 1. The van der Waals surface area contributed by atoms with Crippen LogP contribution in [0.5, 0.6) is 0 Å². The molecule has 6 nitrogen and oxygen atoms in total. The molecule has 0 saturated heterocycles. The Balaban J connectivity index is 2.83. The van der Waals surface area contributed by atoms with E-state index in [4.69, 9.17) is 0 Å². The topological polar surface area (TPSA) is 87.4 Å². The molecule has 0 radical (unpaired) electrons. The number of anilines is 2. The number of para-hydroxylation sites is 1. The van der Waals surface area contributed by atoms with E-state index in [0.717, 1.165) is 6.42 Å². The molecule has 0 aliphatic rings. The average molecular weight is 295 g/mol. The van der Waals surface area contributed by atoms with Gasteiger partial charge in [-0.1, -0.05) is 26.8 Å². The second kappa shape index (κ2) is 8.46. The van der Waals surface area contributed by atoms with Gasteiger partial charge >= 0.3 is 5.69 Å². The van der Waals surface area contributed by atoms with Crippen molar-refractivity contribution in [3.8, 4) is 0 Å². The van der Waals surface area contributed by atoms with Crippen molar-refractivity contribution < 1.29 is 10.0 Å². The van der Waals surface area contributed by atoms with Crippen molar-refractivity contribution in [2.75, 3.05) is 23.7 Å². The molecule has 3 N–H and O–H groups in total. The molecule has 1 unspecified atom stereocenters. The lowest BCUT2D eigenvalue weighted by Gasteiger charge is -2.16. The van der Waals surface area contributed by atoms with Gasteiger partial charge < -0.3 is 15.7 Å². The molecule has 0 amide bonds. The second-order valence-electron chi connectivity index (χ2n) is 5.55. The van der Waals surface area contributed by atoms with E-state index >= 15 is 0 Å². The molecule has 1 aromatic rings. The number of nitro groups is 1. The van der Waals surface area contributed by atoms with E-state index in [1.165, 1.54) is 0 Å². The fourth-order valence-corrected chi connectivity index (χ4v) is 2.14. The van der Waals surface area contributed by atoms with Gasteiger partial charge in [0.2, 0.25) is 0 Å². The van der Waals surface area contributed by atoms with Crippen LogP contribution >= 0.6 is 0 Å². The Kier molecular flexibility index (Phi) is 6.94. The van der Waals surface area contributed by atoms with Crippen LogP contribution in [0, 0.1) is 16.0 Å².